The number of benzene rings is 1. The van der Waals surface area contributed by atoms with Gasteiger partial charge in [-0.2, -0.15) is 0 Å². The SMILES string of the molecule is CCOC(=O)/C=C/C1CCC(Oc2cccc(Br)c2)CC1. The summed E-state index contributed by atoms with van der Waals surface area (Å²) in [6.45, 7) is 2.24. The standard InChI is InChI=1S/C17H21BrO3/c1-2-20-17(19)11-8-13-6-9-15(10-7-13)21-16-5-3-4-14(18)12-16/h3-5,8,11-13,15H,2,6-7,9-10H2,1H3/b11-8+. The molecule has 114 valence electrons. The normalized spacial score (nSPS) is 22.2. The fraction of sp³-hybridized carbons (Fsp3) is 0.471. The lowest BCUT2D eigenvalue weighted by molar-refractivity contribution is -0.137. The second kappa shape index (κ2) is 8.23. The monoisotopic (exact) mass is 352 g/mol. The minimum absolute atomic E-state index is 0.245. The van der Waals surface area contributed by atoms with E-state index in [-0.39, 0.29) is 12.1 Å². The number of esters is 1. The molecule has 0 saturated heterocycles. The molecule has 0 amide bonds. The van der Waals surface area contributed by atoms with E-state index >= 15 is 0 Å². The van der Waals surface area contributed by atoms with Crippen LogP contribution in [0.5, 0.6) is 5.75 Å². The Hall–Kier alpha value is -1.29. The Bertz CT molecular complexity index is 491. The minimum Gasteiger partial charge on any atom is -0.490 e. The van der Waals surface area contributed by atoms with Crippen LogP contribution in [-0.4, -0.2) is 18.7 Å². The van der Waals surface area contributed by atoms with Crippen molar-refractivity contribution in [3.63, 3.8) is 0 Å². The third kappa shape index (κ3) is 5.54. The second-order valence-corrected chi connectivity index (χ2v) is 6.14. The molecule has 2 rings (SSSR count). The predicted molar refractivity (Wildman–Crippen MR) is 86.3 cm³/mol. The average Bonchev–Trinajstić information content (AvgIpc) is 2.47. The Labute approximate surface area is 134 Å². The highest BCUT2D eigenvalue weighted by Gasteiger charge is 2.21. The molecular formula is C17H21BrO3. The quantitative estimate of drug-likeness (QED) is 0.577. The summed E-state index contributed by atoms with van der Waals surface area (Å²) >= 11 is 3.45. The van der Waals surface area contributed by atoms with E-state index in [9.17, 15) is 4.79 Å². The van der Waals surface area contributed by atoms with Gasteiger partial charge in [-0.05, 0) is 56.7 Å². The third-order valence-corrected chi connectivity index (χ3v) is 4.10. The zero-order valence-electron chi connectivity index (χ0n) is 12.3. The van der Waals surface area contributed by atoms with E-state index in [0.29, 0.717) is 12.5 Å². The van der Waals surface area contributed by atoms with E-state index in [1.807, 2.05) is 37.3 Å². The van der Waals surface area contributed by atoms with Gasteiger partial charge in [0, 0.05) is 10.5 Å². The molecule has 0 aromatic heterocycles. The molecule has 1 aliphatic rings. The van der Waals surface area contributed by atoms with Gasteiger partial charge in [0.05, 0.1) is 12.7 Å². The Morgan fingerprint density at radius 1 is 1.33 bits per heavy atom. The fourth-order valence-electron chi connectivity index (χ4n) is 2.54. The largest absolute Gasteiger partial charge is 0.490 e. The molecule has 0 heterocycles. The minimum atomic E-state index is -0.245. The number of hydrogen-bond acceptors (Lipinski definition) is 3. The van der Waals surface area contributed by atoms with Gasteiger partial charge < -0.3 is 9.47 Å². The molecule has 1 fully saturated rings. The molecule has 1 aromatic carbocycles. The van der Waals surface area contributed by atoms with Crippen molar-refractivity contribution in [3.05, 3.63) is 40.9 Å². The van der Waals surface area contributed by atoms with Crippen molar-refractivity contribution in [2.24, 2.45) is 5.92 Å². The molecule has 4 heteroatoms. The molecule has 0 aliphatic heterocycles. The zero-order valence-corrected chi connectivity index (χ0v) is 13.8. The average molecular weight is 353 g/mol. The van der Waals surface area contributed by atoms with Crippen LogP contribution in [0.3, 0.4) is 0 Å². The molecule has 0 spiro atoms. The number of rotatable bonds is 5. The maximum Gasteiger partial charge on any atom is 0.330 e. The number of halogens is 1. The van der Waals surface area contributed by atoms with Crippen LogP contribution in [0.15, 0.2) is 40.9 Å². The van der Waals surface area contributed by atoms with Gasteiger partial charge in [0.1, 0.15) is 5.75 Å². The topological polar surface area (TPSA) is 35.5 Å². The summed E-state index contributed by atoms with van der Waals surface area (Å²) in [7, 11) is 0. The van der Waals surface area contributed by atoms with E-state index in [0.717, 1.165) is 35.9 Å². The second-order valence-electron chi connectivity index (χ2n) is 5.22. The lowest BCUT2D eigenvalue weighted by Gasteiger charge is -2.27. The number of carbonyl (C=O) groups is 1. The summed E-state index contributed by atoms with van der Waals surface area (Å²) < 4.78 is 11.9. The molecule has 1 aromatic rings. The first kappa shape index (κ1) is 16.1. The van der Waals surface area contributed by atoms with Crippen molar-refractivity contribution >= 4 is 21.9 Å². The zero-order chi connectivity index (χ0) is 15.1. The van der Waals surface area contributed by atoms with Gasteiger partial charge >= 0.3 is 5.97 Å². The molecule has 0 atom stereocenters. The Kier molecular flexibility index (Phi) is 6.30. The summed E-state index contributed by atoms with van der Waals surface area (Å²) in [5.74, 6) is 1.12. The van der Waals surface area contributed by atoms with Crippen LogP contribution in [0, 0.1) is 5.92 Å². The molecule has 0 N–H and O–H groups in total. The van der Waals surface area contributed by atoms with E-state index in [2.05, 4.69) is 15.9 Å². The van der Waals surface area contributed by atoms with Crippen LogP contribution in [-0.2, 0) is 9.53 Å². The van der Waals surface area contributed by atoms with Gasteiger partial charge in [-0.1, -0.05) is 28.1 Å². The molecular weight excluding hydrogens is 332 g/mol. The summed E-state index contributed by atoms with van der Waals surface area (Å²) in [6, 6.07) is 7.95. The number of hydrogen-bond donors (Lipinski definition) is 0. The van der Waals surface area contributed by atoms with E-state index in [1.54, 1.807) is 6.08 Å². The molecule has 1 aliphatic carbocycles. The van der Waals surface area contributed by atoms with Crippen molar-refractivity contribution < 1.29 is 14.3 Å². The van der Waals surface area contributed by atoms with E-state index in [4.69, 9.17) is 9.47 Å². The summed E-state index contributed by atoms with van der Waals surface area (Å²) in [4.78, 5) is 11.3. The highest BCUT2D eigenvalue weighted by atomic mass is 79.9. The number of carbonyl (C=O) groups excluding carboxylic acids is 1. The summed E-state index contributed by atoms with van der Waals surface area (Å²) in [5.41, 5.74) is 0. The van der Waals surface area contributed by atoms with Crippen molar-refractivity contribution in [2.45, 2.75) is 38.7 Å². The maximum absolute atomic E-state index is 11.3. The van der Waals surface area contributed by atoms with Crippen LogP contribution >= 0.6 is 15.9 Å². The van der Waals surface area contributed by atoms with Crippen LogP contribution in [0.2, 0.25) is 0 Å². The van der Waals surface area contributed by atoms with Crippen molar-refractivity contribution in [3.8, 4) is 5.75 Å². The number of ether oxygens (including phenoxy) is 2. The van der Waals surface area contributed by atoms with Gasteiger partial charge in [-0.25, -0.2) is 4.79 Å². The summed E-state index contributed by atoms with van der Waals surface area (Å²) in [6.07, 6.45) is 7.95. The predicted octanol–water partition coefficient (Wildman–Crippen LogP) is 4.51. The van der Waals surface area contributed by atoms with Gasteiger partial charge in [-0.15, -0.1) is 0 Å². The highest BCUT2D eigenvalue weighted by Crippen LogP contribution is 2.29. The fourth-order valence-corrected chi connectivity index (χ4v) is 2.91. The van der Waals surface area contributed by atoms with Gasteiger partial charge in [0.2, 0.25) is 0 Å². The van der Waals surface area contributed by atoms with Crippen LogP contribution < -0.4 is 4.74 Å². The van der Waals surface area contributed by atoms with Crippen LogP contribution in [0.4, 0.5) is 0 Å². The van der Waals surface area contributed by atoms with Gasteiger partial charge in [-0.3, -0.25) is 0 Å². The first-order valence-corrected chi connectivity index (χ1v) is 8.24. The van der Waals surface area contributed by atoms with Crippen molar-refractivity contribution in [1.29, 1.82) is 0 Å². The molecule has 0 bridgehead atoms. The maximum atomic E-state index is 11.3. The highest BCUT2D eigenvalue weighted by molar-refractivity contribution is 9.10. The lowest BCUT2D eigenvalue weighted by Crippen LogP contribution is -2.23. The molecule has 3 nitrogen and oxygen atoms in total. The molecule has 1 saturated carbocycles. The molecule has 0 radical (unpaired) electrons. The van der Waals surface area contributed by atoms with Gasteiger partial charge in [0.15, 0.2) is 0 Å². The Balaban J connectivity index is 1.77. The van der Waals surface area contributed by atoms with Crippen LogP contribution in [0.25, 0.3) is 0 Å². The van der Waals surface area contributed by atoms with Crippen molar-refractivity contribution in [1.82, 2.24) is 0 Å². The van der Waals surface area contributed by atoms with Crippen LogP contribution in [0.1, 0.15) is 32.6 Å². The van der Waals surface area contributed by atoms with Gasteiger partial charge in [0.25, 0.3) is 0 Å². The van der Waals surface area contributed by atoms with Crippen molar-refractivity contribution in [2.75, 3.05) is 6.61 Å². The lowest BCUT2D eigenvalue weighted by atomic mass is 9.87. The molecule has 21 heavy (non-hydrogen) atoms. The smallest absolute Gasteiger partial charge is 0.330 e. The first-order chi connectivity index (χ1) is 10.2. The summed E-state index contributed by atoms with van der Waals surface area (Å²) in [5, 5.41) is 0. The third-order valence-electron chi connectivity index (χ3n) is 3.61. The number of allylic oxidation sites excluding steroid dienone is 1. The Morgan fingerprint density at radius 2 is 2.10 bits per heavy atom. The Morgan fingerprint density at radius 3 is 2.76 bits per heavy atom. The molecule has 0 unspecified atom stereocenters. The van der Waals surface area contributed by atoms with E-state index < -0.39 is 0 Å². The first-order valence-electron chi connectivity index (χ1n) is 7.44. The van der Waals surface area contributed by atoms with E-state index in [1.165, 1.54) is 0 Å².